The van der Waals surface area contributed by atoms with E-state index < -0.39 is 0 Å². The molecule has 0 rings (SSSR count). The summed E-state index contributed by atoms with van der Waals surface area (Å²) in [6, 6.07) is 0. The molecular weight excluding hydrogens is 100 g/mol. The van der Waals surface area contributed by atoms with Gasteiger partial charge in [-0.15, -0.1) is 0 Å². The zero-order valence-electron chi connectivity index (χ0n) is 4.96. The van der Waals surface area contributed by atoms with Crippen LogP contribution >= 0.6 is 0 Å². The van der Waals surface area contributed by atoms with Gasteiger partial charge < -0.3 is 5.11 Å². The summed E-state index contributed by atoms with van der Waals surface area (Å²) >= 11 is 0. The highest BCUT2D eigenvalue weighted by atomic mass is 16.3. The molecule has 0 aliphatic rings. The molecule has 0 bridgehead atoms. The monoisotopic (exact) mass is 110 g/mol. The van der Waals surface area contributed by atoms with Crippen LogP contribution in [0, 0.1) is 0 Å². The standard InChI is InChI=1S/C7H10O/c1-3-5-7(8)6-4-2/h3-6,8H,1H2,2H3/b6-4+,7-5+. The third-order valence-corrected chi connectivity index (χ3v) is 0.626. The summed E-state index contributed by atoms with van der Waals surface area (Å²) in [4.78, 5) is 0. The summed E-state index contributed by atoms with van der Waals surface area (Å²) in [5, 5.41) is 8.75. The Balaban J connectivity index is 3.79. The summed E-state index contributed by atoms with van der Waals surface area (Å²) in [6.45, 7) is 5.25. The molecule has 1 nitrogen and oxygen atoms in total. The number of allylic oxidation sites excluding steroid dienone is 4. The van der Waals surface area contributed by atoms with Crippen molar-refractivity contribution >= 4 is 0 Å². The van der Waals surface area contributed by atoms with Crippen LogP contribution in [0.15, 0.2) is 36.6 Å². The largest absolute Gasteiger partial charge is 0.508 e. The van der Waals surface area contributed by atoms with Crippen LogP contribution in [0.4, 0.5) is 0 Å². The average molecular weight is 110 g/mol. The first kappa shape index (κ1) is 7.02. The van der Waals surface area contributed by atoms with Gasteiger partial charge in [-0.25, -0.2) is 0 Å². The number of aliphatic hydroxyl groups is 1. The van der Waals surface area contributed by atoms with E-state index in [2.05, 4.69) is 6.58 Å². The van der Waals surface area contributed by atoms with E-state index >= 15 is 0 Å². The van der Waals surface area contributed by atoms with Crippen molar-refractivity contribution in [3.05, 3.63) is 36.6 Å². The fourth-order valence-corrected chi connectivity index (χ4v) is 0.347. The van der Waals surface area contributed by atoms with Gasteiger partial charge in [0.15, 0.2) is 0 Å². The summed E-state index contributed by atoms with van der Waals surface area (Å²) in [7, 11) is 0. The highest BCUT2D eigenvalue weighted by molar-refractivity contribution is 5.14. The molecule has 0 radical (unpaired) electrons. The summed E-state index contributed by atoms with van der Waals surface area (Å²) in [6.07, 6.45) is 6.42. The van der Waals surface area contributed by atoms with Gasteiger partial charge in [-0.05, 0) is 19.1 Å². The molecule has 0 aromatic rings. The Morgan fingerprint density at radius 3 is 2.62 bits per heavy atom. The highest BCUT2D eigenvalue weighted by Gasteiger charge is 1.74. The van der Waals surface area contributed by atoms with Gasteiger partial charge in [0.2, 0.25) is 0 Å². The summed E-state index contributed by atoms with van der Waals surface area (Å²) < 4.78 is 0. The number of aliphatic hydroxyl groups excluding tert-OH is 1. The zero-order chi connectivity index (χ0) is 6.41. The van der Waals surface area contributed by atoms with Gasteiger partial charge in [-0.2, -0.15) is 0 Å². The Morgan fingerprint density at radius 2 is 2.25 bits per heavy atom. The lowest BCUT2D eigenvalue weighted by Crippen LogP contribution is -1.68. The second-order valence-corrected chi connectivity index (χ2v) is 1.33. The van der Waals surface area contributed by atoms with Crippen molar-refractivity contribution in [2.45, 2.75) is 6.92 Å². The van der Waals surface area contributed by atoms with Crippen molar-refractivity contribution in [1.29, 1.82) is 0 Å². The second kappa shape index (κ2) is 4.19. The molecule has 0 aliphatic carbocycles. The third kappa shape index (κ3) is 3.22. The summed E-state index contributed by atoms with van der Waals surface area (Å²) in [5.74, 6) is 0.238. The Labute approximate surface area is 49.7 Å². The number of hydrogen-bond donors (Lipinski definition) is 1. The smallest absolute Gasteiger partial charge is 0.115 e. The molecule has 8 heavy (non-hydrogen) atoms. The molecule has 0 heterocycles. The van der Waals surface area contributed by atoms with Gasteiger partial charge >= 0.3 is 0 Å². The minimum atomic E-state index is 0.238. The van der Waals surface area contributed by atoms with Gasteiger partial charge in [-0.1, -0.05) is 18.7 Å². The van der Waals surface area contributed by atoms with Gasteiger partial charge in [-0.3, -0.25) is 0 Å². The van der Waals surface area contributed by atoms with E-state index in [1.807, 2.05) is 6.92 Å². The van der Waals surface area contributed by atoms with Crippen molar-refractivity contribution in [2.24, 2.45) is 0 Å². The lowest BCUT2D eigenvalue weighted by atomic mass is 10.4. The van der Waals surface area contributed by atoms with Crippen molar-refractivity contribution < 1.29 is 5.11 Å². The fraction of sp³-hybridized carbons (Fsp3) is 0.143. The topological polar surface area (TPSA) is 20.2 Å². The number of rotatable bonds is 2. The first-order chi connectivity index (χ1) is 3.81. The van der Waals surface area contributed by atoms with Gasteiger partial charge in [0.05, 0.1) is 0 Å². The maximum Gasteiger partial charge on any atom is 0.115 e. The first-order valence-electron chi connectivity index (χ1n) is 2.45. The average Bonchev–Trinajstić information content (AvgIpc) is 1.68. The Bertz CT molecular complexity index is 120. The van der Waals surface area contributed by atoms with Crippen molar-refractivity contribution in [3.8, 4) is 0 Å². The summed E-state index contributed by atoms with van der Waals surface area (Å²) in [5.41, 5.74) is 0. The molecule has 0 amide bonds. The van der Waals surface area contributed by atoms with Crippen LogP contribution in [-0.2, 0) is 0 Å². The molecule has 0 saturated heterocycles. The molecule has 0 aliphatic heterocycles. The molecule has 0 spiro atoms. The molecule has 0 saturated carbocycles. The predicted molar refractivity (Wildman–Crippen MR) is 35.7 cm³/mol. The van der Waals surface area contributed by atoms with E-state index in [9.17, 15) is 0 Å². The molecule has 0 atom stereocenters. The minimum absolute atomic E-state index is 0.238. The molecule has 1 heteroatoms. The van der Waals surface area contributed by atoms with Crippen molar-refractivity contribution in [3.63, 3.8) is 0 Å². The van der Waals surface area contributed by atoms with Gasteiger partial charge in [0.25, 0.3) is 0 Å². The second-order valence-electron chi connectivity index (χ2n) is 1.33. The van der Waals surface area contributed by atoms with Crippen LogP contribution in [0.25, 0.3) is 0 Å². The molecule has 1 N–H and O–H groups in total. The molecule has 0 fully saturated rings. The van der Waals surface area contributed by atoms with Crippen molar-refractivity contribution in [2.75, 3.05) is 0 Å². The SMILES string of the molecule is C=C/C=C(O)\C=C\C. The van der Waals surface area contributed by atoms with Crippen LogP contribution in [0.2, 0.25) is 0 Å². The molecule has 0 aromatic carbocycles. The quantitative estimate of drug-likeness (QED) is 0.426. The predicted octanol–water partition coefficient (Wildman–Crippen LogP) is 2.19. The van der Waals surface area contributed by atoms with E-state index in [-0.39, 0.29) is 5.76 Å². The Hall–Kier alpha value is -0.980. The molecular formula is C7H10O. The lowest BCUT2D eigenvalue weighted by molar-refractivity contribution is 0.432. The van der Waals surface area contributed by atoms with Crippen LogP contribution in [0.5, 0.6) is 0 Å². The normalized spacial score (nSPS) is 12.4. The van der Waals surface area contributed by atoms with Crippen LogP contribution in [0.1, 0.15) is 6.92 Å². The van der Waals surface area contributed by atoms with Crippen LogP contribution in [-0.4, -0.2) is 5.11 Å². The fourth-order valence-electron chi connectivity index (χ4n) is 0.347. The Kier molecular flexibility index (Phi) is 3.67. The molecule has 0 aromatic heterocycles. The highest BCUT2D eigenvalue weighted by Crippen LogP contribution is 1.88. The molecule has 0 unspecified atom stereocenters. The maximum atomic E-state index is 8.75. The van der Waals surface area contributed by atoms with Crippen LogP contribution in [0.3, 0.4) is 0 Å². The first-order valence-corrected chi connectivity index (χ1v) is 2.45. The third-order valence-electron chi connectivity index (χ3n) is 0.626. The van der Waals surface area contributed by atoms with E-state index in [1.54, 1.807) is 12.2 Å². The minimum Gasteiger partial charge on any atom is -0.508 e. The van der Waals surface area contributed by atoms with Gasteiger partial charge in [0.1, 0.15) is 5.76 Å². The zero-order valence-corrected chi connectivity index (χ0v) is 4.96. The van der Waals surface area contributed by atoms with E-state index in [0.29, 0.717) is 0 Å². The van der Waals surface area contributed by atoms with E-state index in [1.165, 1.54) is 12.2 Å². The maximum absolute atomic E-state index is 8.75. The van der Waals surface area contributed by atoms with Gasteiger partial charge in [0, 0.05) is 0 Å². The molecule has 44 valence electrons. The number of hydrogen-bond acceptors (Lipinski definition) is 1. The van der Waals surface area contributed by atoms with Crippen LogP contribution < -0.4 is 0 Å². The van der Waals surface area contributed by atoms with E-state index in [4.69, 9.17) is 5.11 Å². The Morgan fingerprint density at radius 1 is 1.62 bits per heavy atom. The van der Waals surface area contributed by atoms with Crippen molar-refractivity contribution in [1.82, 2.24) is 0 Å². The lowest BCUT2D eigenvalue weighted by Gasteiger charge is -1.82. The van der Waals surface area contributed by atoms with E-state index in [0.717, 1.165) is 0 Å².